The monoisotopic (exact) mass is 631 g/mol. The lowest BCUT2D eigenvalue weighted by Crippen LogP contribution is -2.29. The number of nitrogens with zero attached hydrogens (tertiary/aromatic N) is 3. The highest BCUT2D eigenvalue weighted by Crippen LogP contribution is 2.44. The number of thioether (sulfide) groups is 1. The zero-order valence-electron chi connectivity index (χ0n) is 25.0. The molecule has 0 aliphatic carbocycles. The third kappa shape index (κ3) is 6.87. The summed E-state index contributed by atoms with van der Waals surface area (Å²) in [5.74, 6) is -0.980. The van der Waals surface area contributed by atoms with Gasteiger partial charge in [-0.05, 0) is 64.9 Å². The Bertz CT molecular complexity index is 1660. The molecule has 0 saturated carbocycles. The highest BCUT2D eigenvalue weighted by atomic mass is 32.2. The number of ketones is 1. The van der Waals surface area contributed by atoms with Crippen LogP contribution >= 0.6 is 23.1 Å². The first-order valence-electron chi connectivity index (χ1n) is 14.4. The minimum absolute atomic E-state index is 0.0196. The van der Waals surface area contributed by atoms with Gasteiger partial charge in [-0.2, -0.15) is 0 Å². The molecule has 1 aromatic heterocycles. The van der Waals surface area contributed by atoms with Gasteiger partial charge >= 0.3 is 5.91 Å². The molecule has 1 N–H and O–H groups in total. The third-order valence-corrected chi connectivity index (χ3v) is 9.44. The topological polar surface area (TPSA) is 92.6 Å². The van der Waals surface area contributed by atoms with Crippen LogP contribution in [0, 0.1) is 5.82 Å². The first-order valence-corrected chi connectivity index (χ1v) is 16.2. The second-order valence-corrected chi connectivity index (χ2v) is 13.7. The largest absolute Gasteiger partial charge is 0.507 e. The second kappa shape index (κ2) is 13.3. The SMILES string of the molecule is CCCCOc1ccc(C(O)=C2C(=O)C(=O)N(c3nnc(SCc4ccc(F)cc4)s3)C2c2ccc(C(C)(C)C)cc2)cc1. The van der Waals surface area contributed by atoms with Crippen LogP contribution in [0.25, 0.3) is 5.76 Å². The summed E-state index contributed by atoms with van der Waals surface area (Å²) in [6.07, 6.45) is 1.94. The molecule has 2 heterocycles. The molecule has 7 nitrogen and oxygen atoms in total. The van der Waals surface area contributed by atoms with Gasteiger partial charge in [0.15, 0.2) is 4.34 Å². The number of aliphatic hydroxyl groups is 1. The molecule has 1 aliphatic heterocycles. The first-order chi connectivity index (χ1) is 21.1. The van der Waals surface area contributed by atoms with Crippen LogP contribution in [-0.2, 0) is 20.8 Å². The van der Waals surface area contributed by atoms with Crippen molar-refractivity contribution in [1.29, 1.82) is 0 Å². The van der Waals surface area contributed by atoms with Gasteiger partial charge in [-0.15, -0.1) is 10.2 Å². The lowest BCUT2D eigenvalue weighted by atomic mass is 9.85. The molecule has 44 heavy (non-hydrogen) atoms. The van der Waals surface area contributed by atoms with E-state index in [1.54, 1.807) is 36.4 Å². The van der Waals surface area contributed by atoms with E-state index in [0.29, 0.717) is 33.6 Å². The Morgan fingerprint density at radius 2 is 1.68 bits per heavy atom. The summed E-state index contributed by atoms with van der Waals surface area (Å²) >= 11 is 2.59. The molecule has 1 fully saturated rings. The average Bonchev–Trinajstić information content (AvgIpc) is 3.58. The number of Topliss-reactive ketones (excluding diaryl/α,β-unsaturated/α-hetero) is 1. The summed E-state index contributed by atoms with van der Waals surface area (Å²) in [7, 11) is 0. The normalized spacial score (nSPS) is 16.5. The number of anilines is 1. The number of unbranched alkanes of at least 4 members (excludes halogenated alkanes) is 1. The number of carbonyl (C=O) groups excluding carboxylic acids is 2. The molecule has 1 saturated heterocycles. The summed E-state index contributed by atoms with van der Waals surface area (Å²) in [5, 5.41) is 20.3. The fourth-order valence-corrected chi connectivity index (χ4v) is 6.62. The third-order valence-electron chi connectivity index (χ3n) is 7.31. The van der Waals surface area contributed by atoms with Crippen molar-refractivity contribution in [3.8, 4) is 5.75 Å². The van der Waals surface area contributed by atoms with Crippen molar-refractivity contribution in [2.45, 2.75) is 62.1 Å². The summed E-state index contributed by atoms with van der Waals surface area (Å²) in [6.45, 7) is 8.99. The minimum atomic E-state index is -0.910. The molecule has 1 aliphatic rings. The number of ether oxygens (including phenoxy) is 1. The number of benzene rings is 3. The van der Waals surface area contributed by atoms with Crippen molar-refractivity contribution < 1.29 is 23.8 Å². The molecule has 0 radical (unpaired) electrons. The Hall–Kier alpha value is -4.02. The van der Waals surface area contributed by atoms with Crippen molar-refractivity contribution in [2.24, 2.45) is 0 Å². The van der Waals surface area contributed by atoms with Gasteiger partial charge in [-0.3, -0.25) is 14.5 Å². The van der Waals surface area contributed by atoms with Gasteiger partial charge in [-0.1, -0.05) is 93.6 Å². The number of halogens is 1. The molecular weight excluding hydrogens is 598 g/mol. The lowest BCUT2D eigenvalue weighted by molar-refractivity contribution is -0.132. The van der Waals surface area contributed by atoms with Crippen LogP contribution in [0.3, 0.4) is 0 Å². The predicted octanol–water partition coefficient (Wildman–Crippen LogP) is 8.07. The Morgan fingerprint density at radius 1 is 1.00 bits per heavy atom. The van der Waals surface area contributed by atoms with Crippen LogP contribution in [0.15, 0.2) is 82.7 Å². The van der Waals surface area contributed by atoms with Crippen LogP contribution in [0.5, 0.6) is 5.75 Å². The molecule has 0 spiro atoms. The van der Waals surface area contributed by atoms with Crippen LogP contribution in [0.4, 0.5) is 9.52 Å². The summed E-state index contributed by atoms with van der Waals surface area (Å²) < 4.78 is 19.6. The summed E-state index contributed by atoms with van der Waals surface area (Å²) in [6, 6.07) is 19.8. The number of rotatable bonds is 10. The van der Waals surface area contributed by atoms with Gasteiger partial charge in [0.2, 0.25) is 5.13 Å². The number of carbonyl (C=O) groups is 2. The Labute approximate surface area is 264 Å². The zero-order chi connectivity index (χ0) is 31.4. The van der Waals surface area contributed by atoms with E-state index in [1.165, 1.54) is 40.1 Å². The molecule has 1 atom stereocenters. The Morgan fingerprint density at radius 3 is 2.32 bits per heavy atom. The molecule has 3 aromatic carbocycles. The second-order valence-electron chi connectivity index (χ2n) is 11.5. The molecule has 5 rings (SSSR count). The van der Waals surface area contributed by atoms with E-state index in [9.17, 15) is 19.1 Å². The minimum Gasteiger partial charge on any atom is -0.507 e. The first kappa shape index (κ1) is 31.4. The van der Waals surface area contributed by atoms with Crippen molar-refractivity contribution >= 4 is 45.7 Å². The lowest BCUT2D eigenvalue weighted by Gasteiger charge is -2.24. The van der Waals surface area contributed by atoms with Gasteiger partial charge in [0.25, 0.3) is 5.78 Å². The van der Waals surface area contributed by atoms with Crippen LogP contribution in [0.1, 0.15) is 68.8 Å². The van der Waals surface area contributed by atoms with Crippen LogP contribution < -0.4 is 9.64 Å². The van der Waals surface area contributed by atoms with Crippen molar-refractivity contribution in [3.05, 3.63) is 106 Å². The number of hydrogen-bond acceptors (Lipinski definition) is 8. The Kier molecular flexibility index (Phi) is 9.51. The van der Waals surface area contributed by atoms with E-state index in [2.05, 4.69) is 37.9 Å². The van der Waals surface area contributed by atoms with Gasteiger partial charge in [0, 0.05) is 11.3 Å². The van der Waals surface area contributed by atoms with Crippen molar-refractivity contribution in [3.63, 3.8) is 0 Å². The van der Waals surface area contributed by atoms with Crippen LogP contribution in [-0.4, -0.2) is 33.6 Å². The molecule has 0 bridgehead atoms. The van der Waals surface area contributed by atoms with Gasteiger partial charge < -0.3 is 9.84 Å². The maximum atomic E-state index is 13.6. The van der Waals surface area contributed by atoms with E-state index >= 15 is 0 Å². The van der Waals surface area contributed by atoms with E-state index < -0.39 is 17.7 Å². The van der Waals surface area contributed by atoms with Gasteiger partial charge in [0.1, 0.15) is 17.3 Å². The summed E-state index contributed by atoms with van der Waals surface area (Å²) in [5.41, 5.74) is 2.94. The van der Waals surface area contributed by atoms with E-state index in [0.717, 1.165) is 24.0 Å². The standard InChI is InChI=1S/C34H34FN3O4S2/c1-5-6-19-42-26-17-11-23(12-18-26)29(39)27-28(22-9-13-24(14-10-22)34(2,3)4)38(31(41)30(27)40)32-36-37-33(44-32)43-20-21-7-15-25(35)16-8-21/h7-18,28,39H,5-6,19-20H2,1-4H3. The number of amides is 1. The Balaban J connectivity index is 1.51. The van der Waals surface area contributed by atoms with Gasteiger partial charge in [-0.25, -0.2) is 4.39 Å². The van der Waals surface area contributed by atoms with Crippen molar-refractivity contribution in [2.75, 3.05) is 11.5 Å². The van der Waals surface area contributed by atoms with Gasteiger partial charge in [0.05, 0.1) is 18.2 Å². The molecule has 10 heteroatoms. The smallest absolute Gasteiger partial charge is 0.301 e. The molecular formula is C34H34FN3O4S2. The van der Waals surface area contributed by atoms with E-state index in [4.69, 9.17) is 4.74 Å². The quantitative estimate of drug-likeness (QED) is 0.0473. The number of hydrogen-bond donors (Lipinski definition) is 1. The predicted molar refractivity (Wildman–Crippen MR) is 173 cm³/mol. The summed E-state index contributed by atoms with van der Waals surface area (Å²) in [4.78, 5) is 28.5. The maximum absolute atomic E-state index is 13.6. The molecule has 1 unspecified atom stereocenters. The molecule has 228 valence electrons. The molecule has 4 aromatic rings. The number of aliphatic hydroxyl groups excluding tert-OH is 1. The van der Waals surface area contributed by atoms with Crippen LogP contribution in [0.2, 0.25) is 0 Å². The zero-order valence-corrected chi connectivity index (χ0v) is 26.7. The van der Waals surface area contributed by atoms with E-state index in [1.807, 2.05) is 24.3 Å². The molecule has 1 amide bonds. The highest BCUT2D eigenvalue weighted by molar-refractivity contribution is 8.00. The van der Waals surface area contributed by atoms with E-state index in [-0.39, 0.29) is 27.7 Å². The average molecular weight is 632 g/mol. The van der Waals surface area contributed by atoms with Crippen molar-refractivity contribution in [1.82, 2.24) is 10.2 Å². The highest BCUT2D eigenvalue weighted by Gasteiger charge is 2.48. The fourth-order valence-electron chi connectivity index (χ4n) is 4.79. The number of aromatic nitrogens is 2. The fraction of sp³-hybridized carbons (Fsp3) is 0.294. The maximum Gasteiger partial charge on any atom is 0.301 e.